The number of carbonyl (C=O) groups is 2. The maximum Gasteiger partial charge on any atom is 0.339 e. The molecule has 3 aliphatic heterocycles. The standard InChI is InChI=1S/C48H71NO17/c1-24-37(51)41(59-9)38(52)43(62-24)66-40-26(3)61-36(21-32(40)58-8)65-39-25(2)60-35(20-31(39)57-7)63-30-13-14-44(5)29(19-30)12-15-47(55)33(44)22-34(64-42(53)28-11-10-18-49-23-28)45(6)46(54,27(4)50)16-17-48(45,47)56/h10-12,18,23-26,30-41,43,51-52,54-56H,13-17,19-22H2,1-9H3/t24-,25-,26-,30+,31+,32+,33-,34-,35+,36+,37-,38-,39-,40-,41+,43+,44+,45-,46-,47+,48-/m1/s1. The first-order valence-electron chi connectivity index (χ1n) is 23.6. The molecule has 0 amide bonds. The number of ether oxygens (including phenoxy) is 10. The largest absolute Gasteiger partial charge is 0.458 e. The minimum absolute atomic E-state index is 0.0583. The molecule has 0 radical (unpaired) electrons. The molecule has 370 valence electrons. The van der Waals surface area contributed by atoms with Crippen LogP contribution < -0.4 is 0 Å². The number of pyridine rings is 1. The van der Waals surface area contributed by atoms with E-state index in [1.165, 1.54) is 26.4 Å². The highest BCUT2D eigenvalue weighted by atomic mass is 16.8. The van der Waals surface area contributed by atoms with Crippen molar-refractivity contribution in [2.75, 3.05) is 21.3 Å². The molecule has 18 nitrogen and oxygen atoms in total. The van der Waals surface area contributed by atoms with Gasteiger partial charge >= 0.3 is 5.97 Å². The Hall–Kier alpha value is -2.53. The van der Waals surface area contributed by atoms with Gasteiger partial charge in [0.1, 0.15) is 53.4 Å². The number of aliphatic hydroxyl groups excluding tert-OH is 2. The Morgan fingerprint density at radius 3 is 2.05 bits per heavy atom. The first-order chi connectivity index (χ1) is 31.2. The van der Waals surface area contributed by atoms with Gasteiger partial charge in [0, 0.05) is 52.5 Å². The molecule has 0 spiro atoms. The first-order valence-corrected chi connectivity index (χ1v) is 23.6. The van der Waals surface area contributed by atoms with Crippen LogP contribution in [0.4, 0.5) is 0 Å². The summed E-state index contributed by atoms with van der Waals surface area (Å²) in [4.78, 5) is 31.0. The van der Waals surface area contributed by atoms with Crippen molar-refractivity contribution in [2.24, 2.45) is 16.7 Å². The van der Waals surface area contributed by atoms with Gasteiger partial charge in [-0.25, -0.2) is 4.79 Å². The van der Waals surface area contributed by atoms with E-state index in [9.17, 15) is 35.1 Å². The normalized spacial score (nSPS) is 49.2. The summed E-state index contributed by atoms with van der Waals surface area (Å²) < 4.78 is 61.5. The van der Waals surface area contributed by atoms with Crippen molar-refractivity contribution in [1.82, 2.24) is 4.98 Å². The molecular weight excluding hydrogens is 863 g/mol. The van der Waals surface area contributed by atoms with Crippen molar-refractivity contribution in [2.45, 2.75) is 208 Å². The lowest BCUT2D eigenvalue weighted by molar-refractivity contribution is -0.352. The molecule has 1 aromatic heterocycles. The second-order valence-corrected chi connectivity index (χ2v) is 20.3. The summed E-state index contributed by atoms with van der Waals surface area (Å²) in [6.45, 7) is 10.3. The molecule has 3 saturated carbocycles. The van der Waals surface area contributed by atoms with Crippen LogP contribution in [0.3, 0.4) is 0 Å². The molecular formula is C48H71NO17. The number of hydrogen-bond acceptors (Lipinski definition) is 18. The Morgan fingerprint density at radius 1 is 0.788 bits per heavy atom. The van der Waals surface area contributed by atoms with E-state index in [0.29, 0.717) is 32.1 Å². The van der Waals surface area contributed by atoms with Crippen LogP contribution in [0.5, 0.6) is 0 Å². The van der Waals surface area contributed by atoms with Gasteiger partial charge < -0.3 is 72.9 Å². The van der Waals surface area contributed by atoms with E-state index in [-0.39, 0.29) is 37.4 Å². The van der Waals surface area contributed by atoms with Gasteiger partial charge in [-0.15, -0.1) is 0 Å². The number of fused-ring (bicyclic) bond motifs is 5. The lowest BCUT2D eigenvalue weighted by atomic mass is 9.42. The SMILES string of the molecule is CO[C@@H]1[C@@H](O)[C@H](O[C@H]2[C@@H](OC)C[C@H](O[C@H]3[C@@H](OC)C[C@H](O[C@H]4CC[C@@]5(C)C(=CC[C@]6(O)[C@@H]5C[C@@H](OC(=O)c5cccnc5)[C@@]5(C)[C@]6(O)CC[C@@]5(O)C(C)=O)C4)O[C@@H]3C)O[C@@H]2C)O[C@H](C)[C@H]1O. The summed E-state index contributed by atoms with van der Waals surface area (Å²) >= 11 is 0. The fourth-order valence-electron chi connectivity index (χ4n) is 13.1. The zero-order valence-electron chi connectivity index (χ0n) is 39.6. The smallest absolute Gasteiger partial charge is 0.339 e. The molecule has 8 rings (SSSR count). The molecule has 3 saturated heterocycles. The second kappa shape index (κ2) is 18.7. The zero-order chi connectivity index (χ0) is 47.7. The summed E-state index contributed by atoms with van der Waals surface area (Å²) in [5, 5.41) is 59.2. The molecule has 4 heterocycles. The molecule has 0 bridgehead atoms. The molecule has 5 N–H and O–H groups in total. The highest BCUT2D eigenvalue weighted by Gasteiger charge is 2.81. The number of carbonyl (C=O) groups excluding carboxylic acids is 2. The lowest BCUT2D eigenvalue weighted by Gasteiger charge is -2.67. The second-order valence-electron chi connectivity index (χ2n) is 20.3. The van der Waals surface area contributed by atoms with Crippen molar-refractivity contribution in [3.8, 4) is 0 Å². The third kappa shape index (κ3) is 8.01. The lowest BCUT2D eigenvalue weighted by Crippen LogP contribution is -2.78. The molecule has 0 unspecified atom stereocenters. The number of aliphatic hydroxyl groups is 5. The Labute approximate surface area is 386 Å². The molecule has 18 heteroatoms. The van der Waals surface area contributed by atoms with Crippen molar-refractivity contribution in [1.29, 1.82) is 0 Å². The van der Waals surface area contributed by atoms with E-state index in [0.717, 1.165) is 5.57 Å². The third-order valence-corrected chi connectivity index (χ3v) is 17.1. The van der Waals surface area contributed by atoms with Crippen LogP contribution in [0.15, 0.2) is 36.2 Å². The van der Waals surface area contributed by atoms with Crippen LogP contribution in [-0.4, -0.2) is 173 Å². The van der Waals surface area contributed by atoms with E-state index in [1.807, 2.05) is 19.9 Å². The molecule has 4 aliphatic carbocycles. The Balaban J connectivity index is 0.925. The number of methoxy groups -OCH3 is 3. The van der Waals surface area contributed by atoms with E-state index in [4.69, 9.17) is 47.4 Å². The molecule has 0 aromatic carbocycles. The van der Waals surface area contributed by atoms with Gasteiger partial charge in [-0.2, -0.15) is 0 Å². The number of aromatic nitrogens is 1. The number of rotatable bonds is 12. The van der Waals surface area contributed by atoms with Gasteiger partial charge in [-0.1, -0.05) is 18.6 Å². The summed E-state index contributed by atoms with van der Waals surface area (Å²) in [5.41, 5.74) is -6.89. The molecule has 7 aliphatic rings. The van der Waals surface area contributed by atoms with Gasteiger partial charge in [0.05, 0.1) is 47.6 Å². The van der Waals surface area contributed by atoms with Crippen LogP contribution in [0.25, 0.3) is 0 Å². The van der Waals surface area contributed by atoms with E-state index < -0.39 is 131 Å². The van der Waals surface area contributed by atoms with Gasteiger partial charge in [-0.05, 0) is 97.1 Å². The summed E-state index contributed by atoms with van der Waals surface area (Å²) in [5.74, 6) is -1.84. The van der Waals surface area contributed by atoms with Gasteiger partial charge in [0.15, 0.2) is 24.7 Å². The zero-order valence-corrected chi connectivity index (χ0v) is 39.6. The maximum absolute atomic E-state index is 13.6. The predicted octanol–water partition coefficient (Wildman–Crippen LogP) is 2.67. The van der Waals surface area contributed by atoms with Crippen molar-refractivity contribution < 1.29 is 82.5 Å². The van der Waals surface area contributed by atoms with Crippen LogP contribution in [-0.2, 0) is 52.2 Å². The van der Waals surface area contributed by atoms with Gasteiger partial charge in [0.25, 0.3) is 0 Å². The Bertz CT molecular complexity index is 1940. The highest BCUT2D eigenvalue weighted by Crippen LogP contribution is 2.71. The van der Waals surface area contributed by atoms with Crippen LogP contribution in [0.2, 0.25) is 0 Å². The van der Waals surface area contributed by atoms with E-state index in [2.05, 4.69) is 11.9 Å². The highest BCUT2D eigenvalue weighted by molar-refractivity contribution is 5.90. The van der Waals surface area contributed by atoms with E-state index >= 15 is 0 Å². The quantitative estimate of drug-likeness (QED) is 0.150. The minimum atomic E-state index is -2.05. The molecule has 66 heavy (non-hydrogen) atoms. The number of Topliss-reactive ketones (excluding diaryl/α,β-unsaturated/α-hetero) is 1. The Morgan fingerprint density at radius 2 is 1.44 bits per heavy atom. The monoisotopic (exact) mass is 933 g/mol. The number of esters is 1. The number of ketones is 1. The average Bonchev–Trinajstić information content (AvgIpc) is 3.52. The van der Waals surface area contributed by atoms with Crippen molar-refractivity contribution >= 4 is 11.8 Å². The predicted molar refractivity (Wildman–Crippen MR) is 230 cm³/mol. The van der Waals surface area contributed by atoms with Crippen molar-refractivity contribution in [3.63, 3.8) is 0 Å². The number of hydrogen-bond donors (Lipinski definition) is 5. The van der Waals surface area contributed by atoms with Crippen LogP contribution in [0, 0.1) is 16.7 Å². The summed E-state index contributed by atoms with van der Waals surface area (Å²) in [6, 6.07) is 3.18. The third-order valence-electron chi connectivity index (χ3n) is 17.1. The van der Waals surface area contributed by atoms with Gasteiger partial charge in [0.2, 0.25) is 0 Å². The Kier molecular flexibility index (Phi) is 14.1. The van der Waals surface area contributed by atoms with Crippen LogP contribution >= 0.6 is 0 Å². The van der Waals surface area contributed by atoms with Crippen LogP contribution in [0.1, 0.15) is 110 Å². The molecule has 1 aromatic rings. The van der Waals surface area contributed by atoms with Crippen molar-refractivity contribution in [3.05, 3.63) is 41.7 Å². The maximum atomic E-state index is 13.6. The fraction of sp³-hybridized carbons (Fsp3) is 0.812. The topological polar surface area (TPSA) is 240 Å². The minimum Gasteiger partial charge on any atom is -0.458 e. The molecule has 21 atom stereocenters. The molecule has 6 fully saturated rings. The van der Waals surface area contributed by atoms with E-state index in [1.54, 1.807) is 40.2 Å². The number of nitrogens with zero attached hydrogens (tertiary/aromatic N) is 1. The summed E-state index contributed by atoms with van der Waals surface area (Å²) in [6.07, 6.45) is -3.33. The average molecular weight is 934 g/mol. The fourth-order valence-corrected chi connectivity index (χ4v) is 13.1. The first kappa shape index (κ1) is 49.9. The summed E-state index contributed by atoms with van der Waals surface area (Å²) in [7, 11) is 4.60. The van der Waals surface area contributed by atoms with Gasteiger partial charge in [-0.3, -0.25) is 9.78 Å².